The van der Waals surface area contributed by atoms with Crippen molar-refractivity contribution >= 4 is 11.8 Å². The van der Waals surface area contributed by atoms with Gasteiger partial charge in [0.25, 0.3) is 11.8 Å². The van der Waals surface area contributed by atoms with Gasteiger partial charge in [-0.25, -0.2) is 0 Å². The number of carbonyl (C=O) groups excluding carboxylic acids is 2. The zero-order valence-electron chi connectivity index (χ0n) is 13.7. The van der Waals surface area contributed by atoms with Crippen molar-refractivity contribution in [2.24, 2.45) is 0 Å². The van der Waals surface area contributed by atoms with E-state index in [2.05, 4.69) is 10.3 Å². The number of aromatic nitrogens is 1. The van der Waals surface area contributed by atoms with E-state index in [4.69, 9.17) is 4.74 Å². The normalized spacial score (nSPS) is 15.1. The number of methoxy groups -OCH3 is 1. The van der Waals surface area contributed by atoms with E-state index in [0.29, 0.717) is 24.3 Å². The van der Waals surface area contributed by atoms with Crippen LogP contribution in [0.25, 0.3) is 0 Å². The maximum atomic E-state index is 12.6. The fourth-order valence-electron chi connectivity index (χ4n) is 2.66. The Morgan fingerprint density at radius 2 is 1.87 bits per heavy atom. The Morgan fingerprint density at radius 1 is 1.17 bits per heavy atom. The van der Waals surface area contributed by atoms with Gasteiger partial charge in [-0.05, 0) is 25.3 Å². The van der Waals surface area contributed by atoms with Crippen molar-refractivity contribution in [3.8, 4) is 0 Å². The van der Waals surface area contributed by atoms with E-state index in [1.807, 2.05) is 4.90 Å². The maximum absolute atomic E-state index is 12.6. The van der Waals surface area contributed by atoms with E-state index in [1.54, 1.807) is 13.2 Å². The predicted molar refractivity (Wildman–Crippen MR) is 87.4 cm³/mol. The minimum absolute atomic E-state index is 0.0339. The molecule has 6 heteroatoms. The Bertz CT molecular complexity index is 526. The van der Waals surface area contributed by atoms with E-state index >= 15 is 0 Å². The lowest BCUT2D eigenvalue weighted by molar-refractivity contribution is 0.0761. The average molecular weight is 319 g/mol. The Kier molecular flexibility index (Phi) is 7.00. The van der Waals surface area contributed by atoms with Gasteiger partial charge in [-0.2, -0.15) is 0 Å². The minimum atomic E-state index is -0.209. The van der Waals surface area contributed by atoms with Crippen LogP contribution in [-0.4, -0.2) is 55.0 Å². The largest absolute Gasteiger partial charge is 0.385 e. The first kappa shape index (κ1) is 17.4. The fraction of sp³-hybridized carbons (Fsp3) is 0.588. The third kappa shape index (κ3) is 5.32. The molecule has 1 aromatic rings. The van der Waals surface area contributed by atoms with Crippen molar-refractivity contribution in [2.45, 2.75) is 32.1 Å². The molecule has 6 nitrogen and oxygen atoms in total. The number of carbonyl (C=O) groups is 2. The van der Waals surface area contributed by atoms with Crippen LogP contribution >= 0.6 is 0 Å². The number of nitrogens with one attached hydrogen (secondary N) is 1. The van der Waals surface area contributed by atoms with Crippen molar-refractivity contribution < 1.29 is 14.3 Å². The van der Waals surface area contributed by atoms with Gasteiger partial charge in [0.2, 0.25) is 0 Å². The highest BCUT2D eigenvalue weighted by Gasteiger charge is 2.18. The number of pyridine rings is 1. The molecule has 1 aliphatic heterocycles. The zero-order valence-corrected chi connectivity index (χ0v) is 13.7. The van der Waals surface area contributed by atoms with Gasteiger partial charge >= 0.3 is 0 Å². The molecule has 1 saturated heterocycles. The van der Waals surface area contributed by atoms with Crippen LogP contribution in [0.5, 0.6) is 0 Å². The van der Waals surface area contributed by atoms with Gasteiger partial charge in [-0.3, -0.25) is 14.6 Å². The molecule has 2 heterocycles. The van der Waals surface area contributed by atoms with Crippen LogP contribution in [-0.2, 0) is 4.74 Å². The van der Waals surface area contributed by atoms with Gasteiger partial charge in [0.15, 0.2) is 0 Å². The van der Waals surface area contributed by atoms with E-state index in [-0.39, 0.29) is 11.8 Å². The molecule has 1 aromatic heterocycles. The van der Waals surface area contributed by atoms with E-state index in [9.17, 15) is 9.59 Å². The molecule has 1 N–H and O–H groups in total. The molecule has 23 heavy (non-hydrogen) atoms. The number of hydrogen-bond donors (Lipinski definition) is 1. The molecular formula is C17H25N3O3. The lowest BCUT2D eigenvalue weighted by Gasteiger charge is -2.20. The lowest BCUT2D eigenvalue weighted by atomic mass is 10.1. The van der Waals surface area contributed by atoms with Gasteiger partial charge in [0, 0.05) is 45.7 Å². The van der Waals surface area contributed by atoms with Crippen LogP contribution in [0.15, 0.2) is 18.5 Å². The van der Waals surface area contributed by atoms with Crippen LogP contribution in [0.1, 0.15) is 52.8 Å². The van der Waals surface area contributed by atoms with Gasteiger partial charge in [0.1, 0.15) is 0 Å². The zero-order chi connectivity index (χ0) is 16.5. The monoisotopic (exact) mass is 319 g/mol. The third-order valence-corrected chi connectivity index (χ3v) is 3.95. The molecule has 0 unspecified atom stereocenters. The highest BCUT2D eigenvalue weighted by atomic mass is 16.5. The molecule has 0 saturated carbocycles. The summed E-state index contributed by atoms with van der Waals surface area (Å²) >= 11 is 0. The van der Waals surface area contributed by atoms with E-state index < -0.39 is 0 Å². The molecule has 2 rings (SSSR count). The van der Waals surface area contributed by atoms with Gasteiger partial charge < -0.3 is 15.0 Å². The summed E-state index contributed by atoms with van der Waals surface area (Å²) in [5, 5.41) is 2.81. The van der Waals surface area contributed by atoms with Crippen LogP contribution < -0.4 is 5.32 Å². The molecule has 0 spiro atoms. The second kappa shape index (κ2) is 9.25. The predicted octanol–water partition coefficient (Wildman–Crippen LogP) is 1.86. The summed E-state index contributed by atoms with van der Waals surface area (Å²) in [5.74, 6) is -0.243. The second-order valence-corrected chi connectivity index (χ2v) is 5.77. The van der Waals surface area contributed by atoms with Crippen LogP contribution in [0.2, 0.25) is 0 Å². The smallest absolute Gasteiger partial charge is 0.255 e. The summed E-state index contributed by atoms with van der Waals surface area (Å²) in [7, 11) is 1.63. The van der Waals surface area contributed by atoms with Gasteiger partial charge in [-0.1, -0.05) is 12.8 Å². The standard InChI is InChI=1S/C17H25N3O3/c1-23-10-6-7-19-16(21)14-11-15(13-18-12-14)17(22)20-8-4-2-3-5-9-20/h11-13H,2-10H2,1H3,(H,19,21). The van der Waals surface area contributed by atoms with Crippen molar-refractivity contribution in [3.63, 3.8) is 0 Å². The molecule has 126 valence electrons. The third-order valence-electron chi connectivity index (χ3n) is 3.95. The second-order valence-electron chi connectivity index (χ2n) is 5.77. The number of likely N-dealkylation sites (tertiary alicyclic amines) is 1. The molecule has 0 radical (unpaired) electrons. The SMILES string of the molecule is COCCCNC(=O)c1cncc(C(=O)N2CCCCCC2)c1. The van der Waals surface area contributed by atoms with Crippen LogP contribution in [0.4, 0.5) is 0 Å². The molecular weight excluding hydrogens is 294 g/mol. The first-order valence-electron chi connectivity index (χ1n) is 8.24. The molecule has 1 aliphatic rings. The quantitative estimate of drug-likeness (QED) is 0.813. The Morgan fingerprint density at radius 3 is 2.57 bits per heavy atom. The number of amides is 2. The van der Waals surface area contributed by atoms with Crippen molar-refractivity contribution in [1.29, 1.82) is 0 Å². The highest BCUT2D eigenvalue weighted by molar-refractivity contribution is 5.99. The first-order valence-corrected chi connectivity index (χ1v) is 8.24. The van der Waals surface area contributed by atoms with Crippen LogP contribution in [0.3, 0.4) is 0 Å². The number of ether oxygens (including phenoxy) is 1. The molecule has 0 aliphatic carbocycles. The van der Waals surface area contributed by atoms with Crippen molar-refractivity contribution in [1.82, 2.24) is 15.2 Å². The number of nitrogens with zero attached hydrogens (tertiary/aromatic N) is 2. The topological polar surface area (TPSA) is 71.5 Å². The van der Waals surface area contributed by atoms with Crippen molar-refractivity contribution in [3.05, 3.63) is 29.6 Å². The molecule has 2 amide bonds. The summed E-state index contributed by atoms with van der Waals surface area (Å²) in [6, 6.07) is 1.63. The summed E-state index contributed by atoms with van der Waals surface area (Å²) in [6.45, 7) is 2.71. The summed E-state index contributed by atoms with van der Waals surface area (Å²) < 4.78 is 4.94. The summed E-state index contributed by atoms with van der Waals surface area (Å²) in [4.78, 5) is 30.6. The Labute approximate surface area is 137 Å². The molecule has 1 fully saturated rings. The van der Waals surface area contributed by atoms with Crippen LogP contribution in [0, 0.1) is 0 Å². The van der Waals surface area contributed by atoms with E-state index in [1.165, 1.54) is 25.2 Å². The lowest BCUT2D eigenvalue weighted by Crippen LogP contribution is -2.32. The summed E-state index contributed by atoms with van der Waals surface area (Å²) in [6.07, 6.45) is 8.21. The molecule has 0 bridgehead atoms. The maximum Gasteiger partial charge on any atom is 0.255 e. The number of hydrogen-bond acceptors (Lipinski definition) is 4. The minimum Gasteiger partial charge on any atom is -0.385 e. The first-order chi connectivity index (χ1) is 11.2. The van der Waals surface area contributed by atoms with Gasteiger partial charge in [0.05, 0.1) is 11.1 Å². The van der Waals surface area contributed by atoms with E-state index in [0.717, 1.165) is 32.4 Å². The number of rotatable bonds is 6. The van der Waals surface area contributed by atoms with Gasteiger partial charge in [-0.15, -0.1) is 0 Å². The molecule has 0 atom stereocenters. The highest BCUT2D eigenvalue weighted by Crippen LogP contribution is 2.13. The summed E-state index contributed by atoms with van der Waals surface area (Å²) in [5.41, 5.74) is 0.902. The molecule has 0 aromatic carbocycles. The Balaban J connectivity index is 1.97. The Hall–Kier alpha value is -1.95. The van der Waals surface area contributed by atoms with Crippen molar-refractivity contribution in [2.75, 3.05) is 33.4 Å². The average Bonchev–Trinajstić information content (AvgIpc) is 2.87. The fourth-order valence-corrected chi connectivity index (χ4v) is 2.66.